The molecule has 1 aromatic carbocycles. The SMILES string of the molecule is C[C@@H]1CCCC[C@H]1NC(=O)C(=O)Nc1ccccc1F. The highest BCUT2D eigenvalue weighted by molar-refractivity contribution is 6.39. The fourth-order valence-electron chi connectivity index (χ4n) is 2.51. The van der Waals surface area contributed by atoms with Crippen LogP contribution >= 0.6 is 0 Å². The summed E-state index contributed by atoms with van der Waals surface area (Å²) in [6.07, 6.45) is 4.17. The summed E-state index contributed by atoms with van der Waals surface area (Å²) in [6.45, 7) is 2.07. The maximum absolute atomic E-state index is 13.4. The highest BCUT2D eigenvalue weighted by atomic mass is 19.1. The molecule has 2 N–H and O–H groups in total. The average molecular weight is 278 g/mol. The van der Waals surface area contributed by atoms with Crippen molar-refractivity contribution in [2.75, 3.05) is 5.32 Å². The van der Waals surface area contributed by atoms with Gasteiger partial charge < -0.3 is 10.6 Å². The van der Waals surface area contributed by atoms with Gasteiger partial charge in [-0.2, -0.15) is 0 Å². The number of benzene rings is 1. The maximum Gasteiger partial charge on any atom is 0.313 e. The zero-order valence-corrected chi connectivity index (χ0v) is 11.5. The molecule has 1 saturated carbocycles. The van der Waals surface area contributed by atoms with Gasteiger partial charge in [0.2, 0.25) is 0 Å². The molecule has 0 aromatic heterocycles. The second-order valence-corrected chi connectivity index (χ2v) is 5.28. The van der Waals surface area contributed by atoms with Gasteiger partial charge in [-0.1, -0.05) is 31.9 Å². The van der Waals surface area contributed by atoms with E-state index in [1.807, 2.05) is 0 Å². The number of hydrogen-bond donors (Lipinski definition) is 2. The van der Waals surface area contributed by atoms with E-state index in [-0.39, 0.29) is 11.7 Å². The van der Waals surface area contributed by atoms with Crippen molar-refractivity contribution in [3.63, 3.8) is 0 Å². The molecule has 2 rings (SSSR count). The normalized spacial score (nSPS) is 22.1. The van der Waals surface area contributed by atoms with Crippen LogP contribution in [0.2, 0.25) is 0 Å². The van der Waals surface area contributed by atoms with E-state index in [4.69, 9.17) is 0 Å². The Labute approximate surface area is 117 Å². The van der Waals surface area contributed by atoms with Crippen molar-refractivity contribution in [2.24, 2.45) is 5.92 Å². The van der Waals surface area contributed by atoms with Crippen LogP contribution in [-0.2, 0) is 9.59 Å². The van der Waals surface area contributed by atoms with Crippen molar-refractivity contribution in [1.29, 1.82) is 0 Å². The Hall–Kier alpha value is -1.91. The summed E-state index contributed by atoms with van der Waals surface area (Å²) in [5.74, 6) is -1.71. The number of para-hydroxylation sites is 1. The van der Waals surface area contributed by atoms with Crippen molar-refractivity contribution in [1.82, 2.24) is 5.32 Å². The molecule has 4 nitrogen and oxygen atoms in total. The van der Waals surface area contributed by atoms with Crippen LogP contribution in [0.25, 0.3) is 0 Å². The Morgan fingerprint density at radius 3 is 2.55 bits per heavy atom. The molecule has 0 heterocycles. The van der Waals surface area contributed by atoms with Crippen molar-refractivity contribution in [3.05, 3.63) is 30.1 Å². The number of anilines is 1. The van der Waals surface area contributed by atoms with Gasteiger partial charge in [0.15, 0.2) is 0 Å². The second kappa shape index (κ2) is 6.50. The number of carbonyl (C=O) groups is 2. The highest BCUT2D eigenvalue weighted by Gasteiger charge is 2.25. The van der Waals surface area contributed by atoms with Crippen molar-refractivity contribution in [2.45, 2.75) is 38.6 Å². The second-order valence-electron chi connectivity index (χ2n) is 5.28. The molecular weight excluding hydrogens is 259 g/mol. The van der Waals surface area contributed by atoms with Gasteiger partial charge in [-0.25, -0.2) is 4.39 Å². The van der Waals surface area contributed by atoms with Crippen LogP contribution in [0.1, 0.15) is 32.6 Å². The minimum absolute atomic E-state index is 0.0179. The van der Waals surface area contributed by atoms with Crippen molar-refractivity contribution >= 4 is 17.5 Å². The standard InChI is InChI=1S/C15H19FN2O2/c1-10-6-2-4-8-12(10)17-14(19)15(20)18-13-9-5-3-7-11(13)16/h3,5,7,9-10,12H,2,4,6,8H2,1H3,(H,17,19)(H,18,20)/t10-,12-/m1/s1. The van der Waals surface area contributed by atoms with Gasteiger partial charge in [-0.3, -0.25) is 9.59 Å². The molecule has 0 spiro atoms. The van der Waals surface area contributed by atoms with Crippen molar-refractivity contribution < 1.29 is 14.0 Å². The summed E-state index contributed by atoms with van der Waals surface area (Å²) in [5, 5.41) is 5.02. The smallest absolute Gasteiger partial charge is 0.313 e. The molecule has 0 saturated heterocycles. The molecule has 0 unspecified atom stereocenters. The molecule has 0 bridgehead atoms. The third kappa shape index (κ3) is 3.56. The molecule has 1 aliphatic rings. The average Bonchev–Trinajstić information content (AvgIpc) is 2.43. The van der Waals surface area contributed by atoms with E-state index < -0.39 is 17.6 Å². The van der Waals surface area contributed by atoms with E-state index in [1.54, 1.807) is 6.07 Å². The molecule has 2 atom stereocenters. The quantitative estimate of drug-likeness (QED) is 0.816. The predicted octanol–water partition coefficient (Wildman–Crippen LogP) is 2.46. The summed E-state index contributed by atoms with van der Waals surface area (Å²) in [4.78, 5) is 23.6. The fraction of sp³-hybridized carbons (Fsp3) is 0.467. The zero-order chi connectivity index (χ0) is 14.5. The Bertz CT molecular complexity index is 504. The van der Waals surface area contributed by atoms with Crippen LogP contribution in [-0.4, -0.2) is 17.9 Å². The lowest BCUT2D eigenvalue weighted by Crippen LogP contribution is -2.45. The number of halogens is 1. The summed E-state index contributed by atoms with van der Waals surface area (Å²) in [7, 11) is 0. The minimum atomic E-state index is -0.826. The predicted molar refractivity (Wildman–Crippen MR) is 74.6 cm³/mol. The number of hydrogen-bond acceptors (Lipinski definition) is 2. The first-order chi connectivity index (χ1) is 9.58. The number of rotatable bonds is 2. The van der Waals surface area contributed by atoms with E-state index in [0.29, 0.717) is 5.92 Å². The van der Waals surface area contributed by atoms with Gasteiger partial charge in [0, 0.05) is 6.04 Å². The van der Waals surface area contributed by atoms with Crippen LogP contribution in [0.5, 0.6) is 0 Å². The van der Waals surface area contributed by atoms with E-state index >= 15 is 0 Å². The monoisotopic (exact) mass is 278 g/mol. The van der Waals surface area contributed by atoms with Gasteiger partial charge in [-0.05, 0) is 30.9 Å². The summed E-state index contributed by atoms with van der Waals surface area (Å²) in [5.41, 5.74) is 0.0179. The van der Waals surface area contributed by atoms with Gasteiger partial charge >= 0.3 is 11.8 Å². The van der Waals surface area contributed by atoms with E-state index in [0.717, 1.165) is 25.7 Å². The van der Waals surface area contributed by atoms with Crippen LogP contribution in [0.3, 0.4) is 0 Å². The molecule has 1 fully saturated rings. The third-order valence-electron chi connectivity index (χ3n) is 3.76. The molecule has 1 aliphatic carbocycles. The molecule has 1 aromatic rings. The molecule has 2 amide bonds. The fourth-order valence-corrected chi connectivity index (χ4v) is 2.51. The van der Waals surface area contributed by atoms with Gasteiger partial charge in [-0.15, -0.1) is 0 Å². The number of nitrogens with one attached hydrogen (secondary N) is 2. The maximum atomic E-state index is 13.4. The van der Waals surface area contributed by atoms with Crippen molar-refractivity contribution in [3.8, 4) is 0 Å². The van der Waals surface area contributed by atoms with E-state index in [2.05, 4.69) is 17.6 Å². The van der Waals surface area contributed by atoms with Gasteiger partial charge in [0.1, 0.15) is 5.82 Å². The topological polar surface area (TPSA) is 58.2 Å². The van der Waals surface area contributed by atoms with E-state index in [1.165, 1.54) is 18.2 Å². The minimum Gasteiger partial charge on any atom is -0.345 e. The van der Waals surface area contributed by atoms with Crippen LogP contribution in [0.15, 0.2) is 24.3 Å². The Morgan fingerprint density at radius 2 is 1.85 bits per heavy atom. The number of carbonyl (C=O) groups excluding carboxylic acids is 2. The molecule has 0 aliphatic heterocycles. The lowest BCUT2D eigenvalue weighted by molar-refractivity contribution is -0.137. The molecule has 20 heavy (non-hydrogen) atoms. The van der Waals surface area contributed by atoms with Crippen LogP contribution in [0, 0.1) is 11.7 Å². The summed E-state index contributed by atoms with van der Waals surface area (Å²) >= 11 is 0. The highest BCUT2D eigenvalue weighted by Crippen LogP contribution is 2.23. The van der Waals surface area contributed by atoms with Crippen LogP contribution in [0.4, 0.5) is 10.1 Å². The lowest BCUT2D eigenvalue weighted by atomic mass is 9.86. The Morgan fingerprint density at radius 1 is 1.15 bits per heavy atom. The molecule has 5 heteroatoms. The third-order valence-corrected chi connectivity index (χ3v) is 3.76. The molecular formula is C15H19FN2O2. The first-order valence-corrected chi connectivity index (χ1v) is 6.94. The largest absolute Gasteiger partial charge is 0.345 e. The number of amides is 2. The van der Waals surface area contributed by atoms with Gasteiger partial charge in [0.05, 0.1) is 5.69 Å². The zero-order valence-electron chi connectivity index (χ0n) is 11.5. The first-order valence-electron chi connectivity index (χ1n) is 6.94. The molecule has 108 valence electrons. The van der Waals surface area contributed by atoms with Crippen LogP contribution < -0.4 is 10.6 Å². The summed E-state index contributed by atoms with van der Waals surface area (Å²) in [6, 6.07) is 5.80. The summed E-state index contributed by atoms with van der Waals surface area (Å²) < 4.78 is 13.4. The Kier molecular flexibility index (Phi) is 4.71. The van der Waals surface area contributed by atoms with Gasteiger partial charge in [0.25, 0.3) is 0 Å². The Balaban J connectivity index is 1.92. The first kappa shape index (κ1) is 14.5. The lowest BCUT2D eigenvalue weighted by Gasteiger charge is -2.29. The molecule has 0 radical (unpaired) electrons. The van der Waals surface area contributed by atoms with E-state index in [9.17, 15) is 14.0 Å².